The zero-order valence-electron chi connectivity index (χ0n) is 10.6. The van der Waals surface area contributed by atoms with E-state index in [2.05, 4.69) is 13.8 Å². The van der Waals surface area contributed by atoms with E-state index in [1.165, 1.54) is 0 Å². The van der Waals surface area contributed by atoms with Crippen LogP contribution in [-0.2, 0) is 13.8 Å². The number of rotatable bonds is 3. The van der Waals surface area contributed by atoms with Gasteiger partial charge in [0, 0.05) is 0 Å². The Balaban J connectivity index is 2.64. The van der Waals surface area contributed by atoms with Crippen LogP contribution in [0.2, 0.25) is 6.32 Å². The molecule has 0 aromatic rings. The topological polar surface area (TPSA) is 79.7 Å². The molecule has 0 spiro atoms. The molecule has 0 aromatic heterocycles. The van der Waals surface area contributed by atoms with Crippen LogP contribution in [0.15, 0.2) is 0 Å². The normalized spacial score (nSPS) is 23.2. The maximum absolute atomic E-state index is 5.82. The van der Waals surface area contributed by atoms with Gasteiger partial charge >= 0.3 is 21.4 Å². The summed E-state index contributed by atoms with van der Waals surface area (Å²) in [5, 5.41) is 0. The van der Waals surface area contributed by atoms with Gasteiger partial charge in [-0.15, -0.1) is 0 Å². The second-order valence-corrected chi connectivity index (χ2v) is 4.96. The summed E-state index contributed by atoms with van der Waals surface area (Å²) in [6.07, 6.45) is 1.87. The lowest BCUT2D eigenvalue weighted by Crippen LogP contribution is -2.54. The summed E-state index contributed by atoms with van der Waals surface area (Å²) in [7, 11) is -1.75. The minimum absolute atomic E-state index is 0.353. The second-order valence-electron chi connectivity index (χ2n) is 4.96. The first-order valence-electron chi connectivity index (χ1n) is 5.85. The van der Waals surface area contributed by atoms with E-state index >= 15 is 0 Å². The van der Waals surface area contributed by atoms with E-state index in [1.807, 2.05) is 13.8 Å². The van der Waals surface area contributed by atoms with E-state index in [0.717, 1.165) is 12.7 Å². The fraction of sp³-hybridized carbons (Fsp3) is 1.00. The van der Waals surface area contributed by atoms with Crippen molar-refractivity contribution in [3.63, 3.8) is 0 Å². The predicted molar refractivity (Wildman–Crippen MR) is 67.2 cm³/mol. The maximum Gasteiger partial charge on any atom is 0.523 e. The Kier molecular flexibility index (Phi) is 4.88. The van der Waals surface area contributed by atoms with Crippen LogP contribution in [0.25, 0.3) is 0 Å². The lowest BCUT2D eigenvalue weighted by molar-refractivity contribution is 0.155. The van der Waals surface area contributed by atoms with Gasteiger partial charge in [0.1, 0.15) is 0 Å². The molecule has 5 nitrogen and oxygen atoms in total. The lowest BCUT2D eigenvalue weighted by atomic mass is 9.64. The van der Waals surface area contributed by atoms with E-state index in [0.29, 0.717) is 5.92 Å². The SMILES string of the molecule is CCC(C)CB1OB(N)OB(N)C(C)(C)O1. The van der Waals surface area contributed by atoms with Crippen molar-refractivity contribution in [1.29, 1.82) is 0 Å². The van der Waals surface area contributed by atoms with Gasteiger partial charge in [0.2, 0.25) is 0 Å². The molecule has 0 saturated carbocycles. The number of nitrogens with two attached hydrogens (primary N) is 2. The Bertz CT molecular complexity index is 231. The fourth-order valence-electron chi connectivity index (χ4n) is 1.52. The summed E-state index contributed by atoms with van der Waals surface area (Å²) in [6.45, 7) is 8.04. The minimum Gasteiger partial charge on any atom is -0.446 e. The molecule has 90 valence electrons. The molecule has 0 aromatic carbocycles. The van der Waals surface area contributed by atoms with Gasteiger partial charge in [-0.2, -0.15) is 0 Å². The van der Waals surface area contributed by atoms with Crippen molar-refractivity contribution in [3.8, 4) is 0 Å². The minimum atomic E-state index is -0.814. The highest BCUT2D eigenvalue weighted by molar-refractivity contribution is 6.68. The molecule has 1 unspecified atom stereocenters. The first kappa shape index (κ1) is 14.1. The van der Waals surface area contributed by atoms with Crippen LogP contribution in [0.1, 0.15) is 34.1 Å². The zero-order chi connectivity index (χ0) is 12.3. The molecule has 0 bridgehead atoms. The van der Waals surface area contributed by atoms with Gasteiger partial charge in [-0.25, -0.2) is 0 Å². The Hall–Kier alpha value is -0.00519. The third-order valence-electron chi connectivity index (χ3n) is 2.98. The third kappa shape index (κ3) is 3.78. The molecule has 4 N–H and O–H groups in total. The molecule has 16 heavy (non-hydrogen) atoms. The monoisotopic (exact) mass is 226 g/mol. The van der Waals surface area contributed by atoms with Crippen LogP contribution in [0.3, 0.4) is 0 Å². The molecule has 1 rings (SSSR count). The van der Waals surface area contributed by atoms with Crippen LogP contribution >= 0.6 is 0 Å². The van der Waals surface area contributed by atoms with Gasteiger partial charge in [-0.1, -0.05) is 20.3 Å². The highest BCUT2D eigenvalue weighted by Gasteiger charge is 2.45. The molecule has 1 saturated heterocycles. The summed E-state index contributed by atoms with van der Waals surface area (Å²) in [5.41, 5.74) is 10.9. The summed E-state index contributed by atoms with van der Waals surface area (Å²) in [5.74, 6) is 0.516. The van der Waals surface area contributed by atoms with Gasteiger partial charge in [0.15, 0.2) is 0 Å². The number of hydrogen-bond donors (Lipinski definition) is 2. The quantitative estimate of drug-likeness (QED) is 0.675. The molecule has 0 radical (unpaired) electrons. The molecule has 1 fully saturated rings. The maximum atomic E-state index is 5.82. The van der Waals surface area contributed by atoms with E-state index in [1.54, 1.807) is 0 Å². The van der Waals surface area contributed by atoms with Gasteiger partial charge in [-0.05, 0) is 26.1 Å². The van der Waals surface area contributed by atoms with Crippen molar-refractivity contribution < 1.29 is 13.8 Å². The molecule has 0 amide bonds. The van der Waals surface area contributed by atoms with Crippen molar-refractivity contribution in [1.82, 2.24) is 0 Å². The van der Waals surface area contributed by atoms with Crippen LogP contribution < -0.4 is 11.3 Å². The summed E-state index contributed by atoms with van der Waals surface area (Å²) in [6, 6.07) is 0. The Labute approximate surface area is 99.0 Å². The Morgan fingerprint density at radius 1 is 1.25 bits per heavy atom. The van der Waals surface area contributed by atoms with Gasteiger partial charge in [0.05, 0.1) is 5.50 Å². The van der Waals surface area contributed by atoms with Crippen molar-refractivity contribution in [3.05, 3.63) is 0 Å². The molecular formula is C8H21B3N2O3. The van der Waals surface area contributed by atoms with Crippen LogP contribution in [0.5, 0.6) is 0 Å². The molecular weight excluding hydrogens is 205 g/mol. The van der Waals surface area contributed by atoms with Crippen molar-refractivity contribution >= 4 is 21.4 Å². The van der Waals surface area contributed by atoms with Gasteiger partial charge in [-0.3, -0.25) is 0 Å². The first-order valence-corrected chi connectivity index (χ1v) is 5.85. The average Bonchev–Trinajstić information content (AvgIpc) is 2.23. The average molecular weight is 226 g/mol. The van der Waals surface area contributed by atoms with Crippen LogP contribution in [-0.4, -0.2) is 26.9 Å². The first-order chi connectivity index (χ1) is 7.35. The van der Waals surface area contributed by atoms with Gasteiger partial charge in [0.25, 0.3) is 0 Å². The van der Waals surface area contributed by atoms with E-state index in [4.69, 9.17) is 25.1 Å². The zero-order valence-corrected chi connectivity index (χ0v) is 10.6. The Morgan fingerprint density at radius 2 is 1.88 bits per heavy atom. The smallest absolute Gasteiger partial charge is 0.446 e. The standard InChI is InChI=1S/C8H21B3N2O3/c1-5-7(2)6-9-14-8(3,4)10(12)16-11(13)15-9/h7H,5-6,12-13H2,1-4H3. The predicted octanol–water partition coefficient (Wildman–Crippen LogP) is 0.292. The fourth-order valence-corrected chi connectivity index (χ4v) is 1.52. The summed E-state index contributed by atoms with van der Waals surface area (Å²) < 4.78 is 16.5. The van der Waals surface area contributed by atoms with Crippen molar-refractivity contribution in [2.24, 2.45) is 17.2 Å². The summed E-state index contributed by atoms with van der Waals surface area (Å²) >= 11 is 0. The van der Waals surface area contributed by atoms with Gasteiger partial charge < -0.3 is 25.1 Å². The Morgan fingerprint density at radius 3 is 2.44 bits per heavy atom. The summed E-state index contributed by atoms with van der Waals surface area (Å²) in [4.78, 5) is 0. The van der Waals surface area contributed by atoms with Crippen molar-refractivity contribution in [2.45, 2.75) is 45.9 Å². The molecule has 8 heteroatoms. The number of hydrogen-bond acceptors (Lipinski definition) is 5. The lowest BCUT2D eigenvalue weighted by Gasteiger charge is -2.28. The highest BCUT2D eigenvalue weighted by Crippen LogP contribution is 2.22. The third-order valence-corrected chi connectivity index (χ3v) is 2.98. The van der Waals surface area contributed by atoms with Crippen molar-refractivity contribution in [2.75, 3.05) is 0 Å². The van der Waals surface area contributed by atoms with E-state index < -0.39 is 19.8 Å². The molecule has 1 aliphatic heterocycles. The highest BCUT2D eigenvalue weighted by atomic mass is 16.7. The second kappa shape index (κ2) is 5.55. The molecule has 1 atom stereocenters. The van der Waals surface area contributed by atoms with Crippen LogP contribution in [0, 0.1) is 5.92 Å². The largest absolute Gasteiger partial charge is 0.523 e. The van der Waals surface area contributed by atoms with Crippen LogP contribution in [0.4, 0.5) is 0 Å². The molecule has 1 aliphatic rings. The molecule has 1 heterocycles. The molecule has 0 aliphatic carbocycles. The van der Waals surface area contributed by atoms with E-state index in [-0.39, 0.29) is 7.12 Å². The van der Waals surface area contributed by atoms with E-state index in [9.17, 15) is 0 Å².